The van der Waals surface area contributed by atoms with Gasteiger partial charge >= 0.3 is 0 Å². The topological polar surface area (TPSA) is 0 Å². The lowest BCUT2D eigenvalue weighted by molar-refractivity contribution is 0.507. The van der Waals surface area contributed by atoms with Crippen molar-refractivity contribution in [1.29, 1.82) is 0 Å². The maximum absolute atomic E-state index is 3.69. The Bertz CT molecular complexity index is 144. The van der Waals surface area contributed by atoms with E-state index in [1.54, 1.807) is 0 Å². The minimum atomic E-state index is 0.890. The minimum absolute atomic E-state index is 0.890. The molecule has 1 radical (unpaired) electrons. The van der Waals surface area contributed by atoms with E-state index >= 15 is 0 Å². The molecular weight excluding hydrogens is 192 g/mol. The summed E-state index contributed by atoms with van der Waals surface area (Å²) in [6.07, 6.45) is 18.1. The smallest absolute Gasteiger partial charge is 0.0316 e. The summed E-state index contributed by atoms with van der Waals surface area (Å²) in [5.74, 6) is 0.890. The first-order chi connectivity index (χ1) is 7.77. The Kier molecular flexibility index (Phi) is 12.6. The molecule has 16 heavy (non-hydrogen) atoms. The van der Waals surface area contributed by atoms with Gasteiger partial charge in [0.25, 0.3) is 0 Å². The molecule has 0 aliphatic carbocycles. The number of rotatable bonds is 11. The largest absolute Gasteiger partial charge is 0.0885 e. The van der Waals surface area contributed by atoms with Gasteiger partial charge in [0.2, 0.25) is 0 Å². The van der Waals surface area contributed by atoms with Crippen LogP contribution in [0.25, 0.3) is 0 Å². The fourth-order valence-corrected chi connectivity index (χ4v) is 1.99. The molecule has 0 unspecified atom stereocenters. The van der Waals surface area contributed by atoms with Crippen LogP contribution in [0.5, 0.6) is 0 Å². The first kappa shape index (κ1) is 15.7. The Morgan fingerprint density at radius 1 is 0.812 bits per heavy atom. The highest BCUT2D eigenvalue weighted by molar-refractivity contribution is 4.83. The van der Waals surface area contributed by atoms with E-state index in [2.05, 4.69) is 26.8 Å². The molecule has 0 atom stereocenters. The predicted molar refractivity (Wildman–Crippen MR) is 75.5 cm³/mol. The van der Waals surface area contributed by atoms with Gasteiger partial charge in [0.05, 0.1) is 0 Å². The van der Waals surface area contributed by atoms with E-state index in [-0.39, 0.29) is 0 Å². The van der Waals surface area contributed by atoms with E-state index < -0.39 is 0 Å². The summed E-state index contributed by atoms with van der Waals surface area (Å²) in [5.41, 5.74) is 0. The van der Waals surface area contributed by atoms with Gasteiger partial charge in [0.15, 0.2) is 0 Å². The van der Waals surface area contributed by atoms with Gasteiger partial charge in [0, 0.05) is 0 Å². The van der Waals surface area contributed by atoms with Crippen molar-refractivity contribution in [1.82, 2.24) is 0 Å². The Morgan fingerprint density at radius 3 is 1.81 bits per heavy atom. The van der Waals surface area contributed by atoms with E-state index in [0.29, 0.717) is 0 Å². The van der Waals surface area contributed by atoms with Crippen molar-refractivity contribution >= 4 is 0 Å². The molecule has 0 aromatic carbocycles. The van der Waals surface area contributed by atoms with Gasteiger partial charge in [-0.3, -0.25) is 0 Å². The summed E-state index contributed by atoms with van der Waals surface area (Å²) in [4.78, 5) is 0. The van der Waals surface area contributed by atoms with Crippen LogP contribution in [0.4, 0.5) is 0 Å². The fourth-order valence-electron chi connectivity index (χ4n) is 1.99. The van der Waals surface area contributed by atoms with Crippen LogP contribution < -0.4 is 0 Å². The zero-order valence-corrected chi connectivity index (χ0v) is 11.5. The van der Waals surface area contributed by atoms with Gasteiger partial charge in [-0.05, 0) is 25.7 Å². The molecule has 0 fully saturated rings. The average Bonchev–Trinajstić information content (AvgIpc) is 2.25. The second-order valence-corrected chi connectivity index (χ2v) is 5.27. The molecule has 0 aliphatic heterocycles. The first-order valence-corrected chi connectivity index (χ1v) is 7.21. The quantitative estimate of drug-likeness (QED) is 0.381. The molecule has 0 aliphatic rings. The van der Waals surface area contributed by atoms with Crippen LogP contribution in [-0.2, 0) is 0 Å². The van der Waals surface area contributed by atoms with E-state index in [9.17, 15) is 0 Å². The van der Waals surface area contributed by atoms with Gasteiger partial charge in [-0.15, -0.1) is 0 Å². The van der Waals surface area contributed by atoms with Crippen molar-refractivity contribution in [3.8, 4) is 0 Å². The SMILES string of the molecule is [CH2]/C=C/CCCCCCCCCCC(C)C. The highest BCUT2D eigenvalue weighted by Gasteiger charge is 1.94. The summed E-state index contributed by atoms with van der Waals surface area (Å²) in [5, 5.41) is 0. The molecule has 0 amide bonds. The molecule has 95 valence electrons. The van der Waals surface area contributed by atoms with Crippen molar-refractivity contribution in [2.75, 3.05) is 0 Å². The van der Waals surface area contributed by atoms with Gasteiger partial charge in [0.1, 0.15) is 0 Å². The molecular formula is C16H31. The highest BCUT2D eigenvalue weighted by atomic mass is 14.0. The summed E-state index contributed by atoms with van der Waals surface area (Å²) < 4.78 is 0. The number of allylic oxidation sites excluding steroid dienone is 2. The third kappa shape index (κ3) is 13.7. The van der Waals surface area contributed by atoms with Crippen molar-refractivity contribution in [3.05, 3.63) is 19.1 Å². The lowest BCUT2D eigenvalue weighted by Gasteiger charge is -2.04. The Morgan fingerprint density at radius 2 is 1.31 bits per heavy atom. The Labute approximate surface area is 104 Å². The van der Waals surface area contributed by atoms with Crippen LogP contribution >= 0.6 is 0 Å². The molecule has 0 nitrogen and oxygen atoms in total. The van der Waals surface area contributed by atoms with E-state index in [4.69, 9.17) is 0 Å². The molecule has 0 aromatic heterocycles. The zero-order valence-electron chi connectivity index (χ0n) is 11.5. The molecule has 0 heterocycles. The van der Waals surface area contributed by atoms with E-state index in [1.165, 1.54) is 64.2 Å². The maximum atomic E-state index is 3.69. The standard InChI is InChI=1S/C16H31/c1-4-5-6-7-8-9-10-11-12-13-14-15-16(2)3/h4-5,16H,1,6-15H2,2-3H3/b5-4+. The van der Waals surface area contributed by atoms with Crippen molar-refractivity contribution in [2.45, 2.75) is 78.1 Å². The van der Waals surface area contributed by atoms with Crippen molar-refractivity contribution in [3.63, 3.8) is 0 Å². The number of hydrogen-bond donors (Lipinski definition) is 0. The van der Waals surface area contributed by atoms with Gasteiger partial charge < -0.3 is 0 Å². The van der Waals surface area contributed by atoms with Gasteiger partial charge in [-0.2, -0.15) is 0 Å². The molecule has 0 saturated heterocycles. The van der Waals surface area contributed by atoms with Crippen molar-refractivity contribution in [2.24, 2.45) is 5.92 Å². The van der Waals surface area contributed by atoms with Crippen LogP contribution in [-0.4, -0.2) is 0 Å². The third-order valence-corrected chi connectivity index (χ3v) is 3.07. The zero-order chi connectivity index (χ0) is 12.1. The molecule has 0 spiro atoms. The molecule has 0 heteroatoms. The number of unbranched alkanes of at least 4 members (excludes halogenated alkanes) is 8. The molecule has 0 aromatic rings. The highest BCUT2D eigenvalue weighted by Crippen LogP contribution is 2.12. The van der Waals surface area contributed by atoms with Crippen LogP contribution in [0, 0.1) is 12.8 Å². The lowest BCUT2D eigenvalue weighted by atomic mass is 10.0. The van der Waals surface area contributed by atoms with E-state index in [0.717, 1.165) is 5.92 Å². The maximum Gasteiger partial charge on any atom is -0.0316 e. The molecule has 0 N–H and O–H groups in total. The lowest BCUT2D eigenvalue weighted by Crippen LogP contribution is -1.87. The van der Waals surface area contributed by atoms with Crippen molar-refractivity contribution < 1.29 is 0 Å². The molecule has 0 saturated carbocycles. The second-order valence-electron chi connectivity index (χ2n) is 5.27. The predicted octanol–water partition coefficient (Wildman–Crippen LogP) is 5.93. The molecule has 0 bridgehead atoms. The summed E-state index contributed by atoms with van der Waals surface area (Å²) >= 11 is 0. The summed E-state index contributed by atoms with van der Waals surface area (Å²) in [7, 11) is 0. The van der Waals surface area contributed by atoms with Crippen LogP contribution in [0.3, 0.4) is 0 Å². The normalized spacial score (nSPS) is 11.8. The Balaban J connectivity index is 2.93. The average molecular weight is 223 g/mol. The summed E-state index contributed by atoms with van der Waals surface area (Å²) in [6, 6.07) is 0. The fraction of sp³-hybridized carbons (Fsp3) is 0.812. The third-order valence-electron chi connectivity index (χ3n) is 3.07. The first-order valence-electron chi connectivity index (χ1n) is 7.21. The van der Waals surface area contributed by atoms with E-state index in [1.807, 2.05) is 6.08 Å². The second kappa shape index (κ2) is 12.8. The van der Waals surface area contributed by atoms with Gasteiger partial charge in [-0.1, -0.05) is 77.4 Å². The number of hydrogen-bond acceptors (Lipinski definition) is 0. The minimum Gasteiger partial charge on any atom is -0.0885 e. The monoisotopic (exact) mass is 223 g/mol. The van der Waals surface area contributed by atoms with Gasteiger partial charge in [-0.25, -0.2) is 0 Å². The van der Waals surface area contributed by atoms with Crippen LogP contribution in [0.15, 0.2) is 12.2 Å². The summed E-state index contributed by atoms with van der Waals surface area (Å²) in [6.45, 7) is 8.33. The Hall–Kier alpha value is -0.260. The molecule has 0 rings (SSSR count). The van der Waals surface area contributed by atoms with Crippen LogP contribution in [0.1, 0.15) is 78.1 Å². The van der Waals surface area contributed by atoms with Crippen LogP contribution in [0.2, 0.25) is 0 Å².